The van der Waals surface area contributed by atoms with Crippen molar-refractivity contribution in [3.05, 3.63) is 46.4 Å². The number of ether oxygens (including phenoxy) is 1. The Labute approximate surface area is 245 Å². The first-order valence-electron chi connectivity index (χ1n) is 13.3. The molecule has 5 N–H and O–H groups in total. The quantitative estimate of drug-likeness (QED) is 0.246. The Morgan fingerprint density at radius 2 is 1.98 bits per heavy atom. The van der Waals surface area contributed by atoms with Crippen LogP contribution in [0.25, 0.3) is 10.9 Å². The molecule has 5 rings (SSSR count). The summed E-state index contributed by atoms with van der Waals surface area (Å²) in [6, 6.07) is 7.95. The van der Waals surface area contributed by atoms with Gasteiger partial charge in [-0.1, -0.05) is 20.8 Å². The number of aliphatic carboxylic acids is 1. The Hall–Kier alpha value is -3.62. The van der Waals surface area contributed by atoms with E-state index in [2.05, 4.69) is 21.5 Å². The average Bonchev–Trinajstić information content (AvgIpc) is 3.38. The standard InChI is InChI=1S/C27H31F3N6O6S/c1-24(2,3)26(23(38)39)8-7-25(9-10-31,15-42-26)36-18-6-11-32-22(37)20(18)21(34-36)33-17-4-5-19-16(12-17)13-35(43(19,40)41)14-27(28,29)30/h4-6,11-12,40-41H,7-9,13-15H2,1-3H3,(H,32,37)(H,33,34)(H,38,39). The molecule has 12 nitrogen and oxygen atoms in total. The normalized spacial score (nSPS) is 24.8. The molecular formula is C27H31F3N6O6S. The van der Waals surface area contributed by atoms with Gasteiger partial charge in [-0.25, -0.2) is 4.79 Å². The number of hydrogen-bond donors (Lipinski definition) is 5. The van der Waals surface area contributed by atoms with E-state index in [1.165, 1.54) is 29.1 Å². The number of carboxylic acids is 1. The lowest BCUT2D eigenvalue weighted by Gasteiger charge is -2.49. The van der Waals surface area contributed by atoms with Crippen molar-refractivity contribution in [1.82, 2.24) is 19.1 Å². The highest BCUT2D eigenvalue weighted by Crippen LogP contribution is 2.59. The number of nitrogens with zero attached hydrogens (tertiary/aromatic N) is 4. The second-order valence-electron chi connectivity index (χ2n) is 11.9. The number of rotatable bonds is 6. The van der Waals surface area contributed by atoms with Gasteiger partial charge in [0, 0.05) is 23.8 Å². The fourth-order valence-electron chi connectivity index (χ4n) is 5.90. The second-order valence-corrected chi connectivity index (χ2v) is 13.9. The summed E-state index contributed by atoms with van der Waals surface area (Å²) in [7, 11) is -3.84. The Morgan fingerprint density at radius 3 is 2.56 bits per heavy atom. The van der Waals surface area contributed by atoms with Crippen molar-refractivity contribution in [2.45, 2.75) is 68.8 Å². The summed E-state index contributed by atoms with van der Waals surface area (Å²) in [5.74, 6) is -1.03. The summed E-state index contributed by atoms with van der Waals surface area (Å²) in [5, 5.41) is 27.7. The number of nitriles is 1. The number of pyridine rings is 1. The van der Waals surface area contributed by atoms with Crippen LogP contribution in [0.2, 0.25) is 0 Å². The van der Waals surface area contributed by atoms with E-state index in [0.717, 1.165) is 0 Å². The third kappa shape index (κ3) is 5.14. The van der Waals surface area contributed by atoms with E-state index in [0.29, 0.717) is 15.5 Å². The number of fused-ring (bicyclic) bond motifs is 2. The van der Waals surface area contributed by atoms with Crippen LogP contribution in [0, 0.1) is 16.7 Å². The summed E-state index contributed by atoms with van der Waals surface area (Å²) < 4.78 is 68.3. The number of hydrogen-bond acceptors (Lipinski definition) is 9. The molecular weight excluding hydrogens is 593 g/mol. The van der Waals surface area contributed by atoms with Crippen LogP contribution in [0.3, 0.4) is 0 Å². The summed E-state index contributed by atoms with van der Waals surface area (Å²) in [6.45, 7) is 3.27. The molecule has 232 valence electrons. The van der Waals surface area contributed by atoms with E-state index >= 15 is 0 Å². The minimum Gasteiger partial charge on any atom is -0.479 e. The Balaban J connectivity index is 1.53. The Morgan fingerprint density at radius 1 is 1.26 bits per heavy atom. The number of halogens is 3. The highest BCUT2D eigenvalue weighted by molar-refractivity contribution is 8.22. The van der Waals surface area contributed by atoms with E-state index in [9.17, 15) is 42.2 Å². The second kappa shape index (κ2) is 10.2. The lowest BCUT2D eigenvalue weighted by Crippen LogP contribution is -2.59. The zero-order valence-electron chi connectivity index (χ0n) is 23.5. The topological polar surface area (TPSA) is 177 Å². The maximum atomic E-state index is 13.0. The Bertz CT molecular complexity index is 1680. The van der Waals surface area contributed by atoms with Gasteiger partial charge in [-0.05, 0) is 42.7 Å². The molecule has 2 aliphatic heterocycles. The number of anilines is 2. The third-order valence-electron chi connectivity index (χ3n) is 8.23. The maximum absolute atomic E-state index is 13.0. The van der Waals surface area contributed by atoms with Gasteiger partial charge >= 0.3 is 12.1 Å². The molecule has 0 saturated carbocycles. The van der Waals surface area contributed by atoms with Crippen LogP contribution in [0.15, 0.2) is 40.2 Å². The molecule has 16 heteroatoms. The van der Waals surface area contributed by atoms with E-state index in [-0.39, 0.29) is 54.1 Å². The summed E-state index contributed by atoms with van der Waals surface area (Å²) >= 11 is 0. The predicted molar refractivity (Wildman–Crippen MR) is 151 cm³/mol. The molecule has 2 atom stereocenters. The third-order valence-corrected chi connectivity index (χ3v) is 10.2. The molecule has 0 amide bonds. The molecule has 0 radical (unpaired) electrons. The van der Waals surface area contributed by atoms with Gasteiger partial charge in [0.15, 0.2) is 11.4 Å². The fraction of sp³-hybridized carbons (Fsp3) is 0.481. The number of benzene rings is 1. The summed E-state index contributed by atoms with van der Waals surface area (Å²) in [4.78, 5) is 27.9. The van der Waals surface area contributed by atoms with Crippen molar-refractivity contribution in [2.75, 3.05) is 18.5 Å². The lowest BCUT2D eigenvalue weighted by molar-refractivity contribution is -0.206. The molecule has 3 aromatic rings. The minimum atomic E-state index is -4.64. The van der Waals surface area contributed by atoms with Gasteiger partial charge in [-0.15, -0.1) is 10.8 Å². The number of aromatic nitrogens is 3. The molecule has 43 heavy (non-hydrogen) atoms. The number of alkyl halides is 3. The number of nitrogens with one attached hydrogen (secondary N) is 2. The van der Waals surface area contributed by atoms with Gasteiger partial charge in [0.2, 0.25) is 0 Å². The predicted octanol–water partition coefficient (Wildman–Crippen LogP) is 5.16. The fourth-order valence-corrected chi connectivity index (χ4v) is 7.55. The lowest BCUT2D eigenvalue weighted by atomic mass is 9.69. The molecule has 0 spiro atoms. The molecule has 4 heterocycles. The van der Waals surface area contributed by atoms with Gasteiger partial charge < -0.3 is 20.1 Å². The first-order chi connectivity index (χ1) is 19.9. The zero-order chi connectivity index (χ0) is 31.6. The first-order valence-corrected chi connectivity index (χ1v) is 14.8. The van der Waals surface area contributed by atoms with Crippen LogP contribution in [0.4, 0.5) is 24.7 Å². The van der Waals surface area contributed by atoms with E-state index in [1.54, 1.807) is 26.8 Å². The molecule has 2 aromatic heterocycles. The molecule has 1 saturated heterocycles. The molecule has 1 fully saturated rings. The largest absolute Gasteiger partial charge is 0.479 e. The highest BCUT2D eigenvalue weighted by atomic mass is 32.3. The summed E-state index contributed by atoms with van der Waals surface area (Å²) in [5.41, 5.74) is -2.94. The van der Waals surface area contributed by atoms with Crippen molar-refractivity contribution in [3.63, 3.8) is 0 Å². The molecule has 2 aliphatic rings. The van der Waals surface area contributed by atoms with Gasteiger partial charge in [0.05, 0.1) is 35.0 Å². The van der Waals surface area contributed by atoms with E-state index in [1.807, 2.05) is 0 Å². The minimum absolute atomic E-state index is 0.0244. The SMILES string of the molecule is CC(C)(C)C1(C(=O)O)CCC(CC#N)(n2nc(Nc3ccc4c(c3)CN(CC(F)(F)F)S4(O)O)c3c(=O)[nH]ccc32)CO1. The zero-order valence-corrected chi connectivity index (χ0v) is 24.3. The first kappa shape index (κ1) is 30.8. The van der Waals surface area contributed by atoms with Crippen LogP contribution in [0.1, 0.15) is 45.6 Å². The number of carboxylic acid groups (broad SMARTS) is 1. The number of H-pyrrole nitrogens is 1. The van der Waals surface area contributed by atoms with E-state index in [4.69, 9.17) is 4.74 Å². The summed E-state index contributed by atoms with van der Waals surface area (Å²) in [6.07, 6.45) is -3.03. The average molecular weight is 625 g/mol. The van der Waals surface area contributed by atoms with Crippen LogP contribution in [-0.4, -0.2) is 64.2 Å². The van der Waals surface area contributed by atoms with Gasteiger partial charge in [0.25, 0.3) is 5.56 Å². The Kier molecular flexibility index (Phi) is 7.34. The van der Waals surface area contributed by atoms with E-state index < -0.39 is 51.6 Å². The monoisotopic (exact) mass is 624 g/mol. The molecule has 0 bridgehead atoms. The van der Waals surface area contributed by atoms with Crippen LogP contribution in [0.5, 0.6) is 0 Å². The highest BCUT2D eigenvalue weighted by Gasteiger charge is 2.56. The van der Waals surface area contributed by atoms with Gasteiger partial charge in [-0.2, -0.15) is 27.8 Å². The van der Waals surface area contributed by atoms with Crippen molar-refractivity contribution >= 4 is 39.2 Å². The van der Waals surface area contributed by atoms with Crippen molar-refractivity contribution < 1.29 is 36.9 Å². The number of carbonyl (C=O) groups is 1. The van der Waals surface area contributed by atoms with Gasteiger partial charge in [0.1, 0.15) is 11.9 Å². The molecule has 2 unspecified atom stereocenters. The van der Waals surface area contributed by atoms with Gasteiger partial charge in [-0.3, -0.25) is 18.6 Å². The molecule has 0 aliphatic carbocycles. The van der Waals surface area contributed by atoms with Crippen LogP contribution < -0.4 is 10.9 Å². The van der Waals surface area contributed by atoms with Crippen molar-refractivity contribution in [2.24, 2.45) is 5.41 Å². The maximum Gasteiger partial charge on any atom is 0.403 e. The smallest absolute Gasteiger partial charge is 0.403 e. The van der Waals surface area contributed by atoms with Crippen molar-refractivity contribution in [3.8, 4) is 6.07 Å². The van der Waals surface area contributed by atoms with Crippen LogP contribution in [-0.2, 0) is 21.6 Å². The molecule has 1 aromatic carbocycles. The van der Waals surface area contributed by atoms with Crippen molar-refractivity contribution in [1.29, 1.82) is 5.26 Å². The van der Waals surface area contributed by atoms with Crippen LogP contribution >= 0.6 is 10.8 Å². The number of aromatic amines is 1.